The normalized spacial score (nSPS) is 11.0. The first-order valence-electron chi connectivity index (χ1n) is 7.37. The van der Waals surface area contributed by atoms with Gasteiger partial charge in [0.2, 0.25) is 0 Å². The number of nitrogens with zero attached hydrogens (tertiary/aromatic N) is 1. The zero-order valence-corrected chi connectivity index (χ0v) is 14.8. The molecule has 1 aromatic heterocycles. The summed E-state index contributed by atoms with van der Waals surface area (Å²) in [7, 11) is 0. The Morgan fingerprint density at radius 3 is 2.42 bits per heavy atom. The average Bonchev–Trinajstić information content (AvgIpc) is 2.58. The van der Waals surface area contributed by atoms with Gasteiger partial charge in [-0.3, -0.25) is 0 Å². The van der Waals surface area contributed by atoms with Crippen LogP contribution in [0.5, 0.6) is 11.5 Å². The molecule has 0 aliphatic rings. The Kier molecular flexibility index (Phi) is 5.25. The van der Waals surface area contributed by atoms with Crippen molar-refractivity contribution in [1.29, 1.82) is 0 Å². The number of carbonyl (C=O) groups excluding carboxylic acids is 1. The van der Waals surface area contributed by atoms with Gasteiger partial charge in [-0.1, -0.05) is 23.2 Å². The Morgan fingerprint density at radius 1 is 1.08 bits per heavy atom. The van der Waals surface area contributed by atoms with E-state index in [0.29, 0.717) is 21.6 Å². The van der Waals surface area contributed by atoms with Crippen molar-refractivity contribution in [3.63, 3.8) is 0 Å². The number of alkyl halides is 2. The summed E-state index contributed by atoms with van der Waals surface area (Å²) in [6.45, 7) is -1.16. The van der Waals surface area contributed by atoms with Crippen LogP contribution in [0.4, 0.5) is 8.78 Å². The summed E-state index contributed by atoms with van der Waals surface area (Å²) in [4.78, 5) is 16.7. The summed E-state index contributed by atoms with van der Waals surface area (Å²) < 4.78 is 34.0. The van der Waals surface area contributed by atoms with E-state index in [1.807, 2.05) is 0 Å². The summed E-state index contributed by atoms with van der Waals surface area (Å²) in [5, 5.41) is 1.10. The predicted octanol–water partition coefficient (Wildman–Crippen LogP) is 5.67. The van der Waals surface area contributed by atoms with E-state index in [4.69, 9.17) is 27.9 Å². The van der Waals surface area contributed by atoms with Gasteiger partial charge in [0.1, 0.15) is 11.3 Å². The highest BCUT2D eigenvalue weighted by Crippen LogP contribution is 2.37. The van der Waals surface area contributed by atoms with Gasteiger partial charge >= 0.3 is 12.6 Å². The smallest absolute Gasteiger partial charge is 0.387 e. The second-order valence-corrected chi connectivity index (χ2v) is 6.12. The molecule has 3 aromatic rings. The van der Waals surface area contributed by atoms with E-state index in [9.17, 15) is 13.6 Å². The van der Waals surface area contributed by atoms with Crippen LogP contribution in [-0.4, -0.2) is 17.6 Å². The maximum Gasteiger partial charge on any atom is 0.387 e. The molecule has 0 fully saturated rings. The minimum Gasteiger partial charge on any atom is -0.435 e. The molecule has 0 N–H and O–H groups in total. The molecule has 0 aliphatic carbocycles. The third-order valence-electron chi connectivity index (χ3n) is 3.49. The molecule has 0 saturated carbocycles. The predicted molar refractivity (Wildman–Crippen MR) is 94.5 cm³/mol. The van der Waals surface area contributed by atoms with Crippen molar-refractivity contribution in [2.45, 2.75) is 13.5 Å². The van der Waals surface area contributed by atoms with Crippen molar-refractivity contribution < 1.29 is 23.0 Å². The largest absolute Gasteiger partial charge is 0.435 e. The molecule has 134 valence electrons. The average molecular weight is 398 g/mol. The lowest BCUT2D eigenvalue weighted by Gasteiger charge is -2.11. The molecular weight excluding hydrogens is 387 g/mol. The number of hydrogen-bond donors (Lipinski definition) is 0. The lowest BCUT2D eigenvalue weighted by Crippen LogP contribution is -2.10. The number of ether oxygens (including phenoxy) is 2. The number of aryl methyl sites for hydroxylation is 1. The number of aromatic nitrogens is 1. The van der Waals surface area contributed by atoms with Crippen LogP contribution in [0.15, 0.2) is 42.5 Å². The van der Waals surface area contributed by atoms with Crippen molar-refractivity contribution in [3.05, 3.63) is 63.8 Å². The van der Waals surface area contributed by atoms with E-state index < -0.39 is 12.6 Å². The summed E-state index contributed by atoms with van der Waals surface area (Å²) in [5.41, 5.74) is 1.19. The molecule has 0 radical (unpaired) electrons. The highest BCUT2D eigenvalue weighted by Gasteiger charge is 2.18. The quantitative estimate of drug-likeness (QED) is 0.420. The first kappa shape index (κ1) is 18.4. The van der Waals surface area contributed by atoms with Gasteiger partial charge in [0.25, 0.3) is 0 Å². The molecule has 3 rings (SSSR count). The standard InChI is InChI=1S/C18H11Cl2F2NO3/c1-9-2-7-12-13(19)8-14(20)16(15(12)23-9)26-17(24)10-3-5-11(6-4-10)25-18(21)22/h2-8,18H,1H3. The number of rotatable bonds is 4. The SMILES string of the molecule is Cc1ccc2c(Cl)cc(Cl)c(OC(=O)c3ccc(OC(F)F)cc3)c2n1. The molecule has 0 unspecified atom stereocenters. The third-order valence-corrected chi connectivity index (χ3v) is 4.08. The van der Waals surface area contributed by atoms with Crippen LogP contribution in [0.3, 0.4) is 0 Å². The number of pyridine rings is 1. The molecule has 0 amide bonds. The van der Waals surface area contributed by atoms with Crippen molar-refractivity contribution in [3.8, 4) is 11.5 Å². The number of hydrogen-bond acceptors (Lipinski definition) is 4. The van der Waals surface area contributed by atoms with Crippen LogP contribution < -0.4 is 9.47 Å². The maximum atomic E-state index is 12.4. The highest BCUT2D eigenvalue weighted by atomic mass is 35.5. The Morgan fingerprint density at radius 2 is 1.77 bits per heavy atom. The number of esters is 1. The van der Waals surface area contributed by atoms with Crippen LogP contribution in [0.25, 0.3) is 10.9 Å². The van der Waals surface area contributed by atoms with Gasteiger partial charge in [-0.2, -0.15) is 8.78 Å². The molecule has 8 heteroatoms. The number of halogens is 4. The van der Waals surface area contributed by atoms with Crippen LogP contribution in [-0.2, 0) is 0 Å². The zero-order chi connectivity index (χ0) is 18.8. The van der Waals surface area contributed by atoms with E-state index >= 15 is 0 Å². The lowest BCUT2D eigenvalue weighted by atomic mass is 10.2. The van der Waals surface area contributed by atoms with Crippen LogP contribution in [0.1, 0.15) is 16.1 Å². The molecule has 0 saturated heterocycles. The molecule has 0 atom stereocenters. The summed E-state index contributed by atoms with van der Waals surface area (Å²) in [5.74, 6) is -0.709. The second-order valence-electron chi connectivity index (χ2n) is 5.31. The van der Waals surface area contributed by atoms with E-state index in [-0.39, 0.29) is 22.1 Å². The monoisotopic (exact) mass is 397 g/mol. The van der Waals surface area contributed by atoms with Gasteiger partial charge in [-0.25, -0.2) is 9.78 Å². The van der Waals surface area contributed by atoms with E-state index in [1.54, 1.807) is 19.1 Å². The minimum atomic E-state index is -2.94. The third kappa shape index (κ3) is 3.86. The van der Waals surface area contributed by atoms with Gasteiger partial charge in [-0.05, 0) is 49.4 Å². The lowest BCUT2D eigenvalue weighted by molar-refractivity contribution is -0.0498. The topological polar surface area (TPSA) is 48.4 Å². The van der Waals surface area contributed by atoms with E-state index in [1.165, 1.54) is 30.3 Å². The molecule has 0 spiro atoms. The van der Waals surface area contributed by atoms with Crippen LogP contribution in [0, 0.1) is 6.92 Å². The number of fused-ring (bicyclic) bond motifs is 1. The number of benzene rings is 2. The molecule has 1 heterocycles. The summed E-state index contributed by atoms with van der Waals surface area (Å²) in [6.07, 6.45) is 0. The van der Waals surface area contributed by atoms with Gasteiger partial charge in [0, 0.05) is 11.1 Å². The van der Waals surface area contributed by atoms with Crippen molar-refractivity contribution >= 4 is 40.1 Å². The van der Waals surface area contributed by atoms with Gasteiger partial charge in [0.05, 0.1) is 15.6 Å². The Bertz CT molecular complexity index is 978. The van der Waals surface area contributed by atoms with Crippen molar-refractivity contribution in [2.75, 3.05) is 0 Å². The zero-order valence-electron chi connectivity index (χ0n) is 13.3. The van der Waals surface area contributed by atoms with E-state index in [2.05, 4.69) is 9.72 Å². The van der Waals surface area contributed by atoms with Gasteiger partial charge in [-0.15, -0.1) is 0 Å². The molecular formula is C18H11Cl2F2NO3. The molecule has 4 nitrogen and oxygen atoms in total. The molecule has 0 aliphatic heterocycles. The summed E-state index contributed by atoms with van der Waals surface area (Å²) in [6, 6.07) is 10.1. The molecule has 2 aromatic carbocycles. The van der Waals surface area contributed by atoms with Crippen molar-refractivity contribution in [1.82, 2.24) is 4.98 Å². The fourth-order valence-corrected chi connectivity index (χ4v) is 2.87. The minimum absolute atomic E-state index is 0.0659. The first-order valence-corrected chi connectivity index (χ1v) is 8.13. The number of carbonyl (C=O) groups is 1. The maximum absolute atomic E-state index is 12.4. The van der Waals surface area contributed by atoms with Crippen LogP contribution in [0.2, 0.25) is 10.0 Å². The Balaban J connectivity index is 1.93. The fourth-order valence-electron chi connectivity index (χ4n) is 2.31. The van der Waals surface area contributed by atoms with E-state index in [0.717, 1.165) is 0 Å². The van der Waals surface area contributed by atoms with Crippen molar-refractivity contribution in [2.24, 2.45) is 0 Å². The van der Waals surface area contributed by atoms with Gasteiger partial charge in [0.15, 0.2) is 5.75 Å². The summed E-state index contributed by atoms with van der Waals surface area (Å²) >= 11 is 12.3. The Hall–Kier alpha value is -2.44. The highest BCUT2D eigenvalue weighted by molar-refractivity contribution is 6.39. The Labute approximate surface area is 157 Å². The fraction of sp³-hybridized carbons (Fsp3) is 0.111. The van der Waals surface area contributed by atoms with Crippen LogP contribution >= 0.6 is 23.2 Å². The molecule has 26 heavy (non-hydrogen) atoms. The molecule has 0 bridgehead atoms. The van der Waals surface area contributed by atoms with Gasteiger partial charge < -0.3 is 9.47 Å². The second kappa shape index (κ2) is 7.43. The first-order chi connectivity index (χ1) is 12.3.